The van der Waals surface area contributed by atoms with Crippen molar-refractivity contribution in [3.63, 3.8) is 0 Å². The van der Waals surface area contributed by atoms with E-state index >= 15 is 0 Å². The number of carbonyl (C=O) groups excluding carboxylic acids is 1. The Kier molecular flexibility index (Phi) is 6.47. The zero-order valence-electron chi connectivity index (χ0n) is 19.7. The summed E-state index contributed by atoms with van der Waals surface area (Å²) in [5.41, 5.74) is 6.24. The number of carbonyl (C=O) groups is 1. The number of aryl methyl sites for hydroxylation is 2. The Balaban J connectivity index is 1.21. The van der Waals surface area contributed by atoms with Crippen molar-refractivity contribution >= 4 is 46.1 Å². The van der Waals surface area contributed by atoms with Gasteiger partial charge in [0.15, 0.2) is 10.7 Å². The number of furan rings is 1. The van der Waals surface area contributed by atoms with Gasteiger partial charge in [-0.3, -0.25) is 10.1 Å². The van der Waals surface area contributed by atoms with Gasteiger partial charge in [0, 0.05) is 22.9 Å². The standard InChI is InChI=1S/C29H23N3O3S/c1-18-14-19(2)16-21(15-18)28-31-24-17-22(8-11-26(24)35-28)30-29(36)32-27(33)13-10-23-9-12-25(34-23)20-6-4-3-5-7-20/h3-17H,1-2H3,(H2,30,32,33,36)/b13-10+. The van der Waals surface area contributed by atoms with Crippen molar-refractivity contribution in [3.05, 3.63) is 102 Å². The minimum atomic E-state index is -0.371. The molecule has 1 amide bonds. The molecule has 0 spiro atoms. The van der Waals surface area contributed by atoms with E-state index in [1.807, 2.05) is 86.6 Å². The third-order valence-electron chi connectivity index (χ3n) is 5.43. The van der Waals surface area contributed by atoms with E-state index in [-0.39, 0.29) is 11.0 Å². The van der Waals surface area contributed by atoms with Gasteiger partial charge < -0.3 is 14.2 Å². The number of hydrogen-bond donors (Lipinski definition) is 2. The Morgan fingerprint density at radius 3 is 2.44 bits per heavy atom. The summed E-state index contributed by atoms with van der Waals surface area (Å²) in [7, 11) is 0. The van der Waals surface area contributed by atoms with Gasteiger partial charge in [-0.05, 0) is 74.6 Å². The lowest BCUT2D eigenvalue weighted by atomic mass is 10.1. The number of nitrogens with one attached hydrogen (secondary N) is 2. The maximum Gasteiger partial charge on any atom is 0.250 e. The van der Waals surface area contributed by atoms with Crippen molar-refractivity contribution in [1.29, 1.82) is 0 Å². The zero-order valence-corrected chi connectivity index (χ0v) is 20.6. The number of hydrogen-bond acceptors (Lipinski definition) is 5. The second kappa shape index (κ2) is 10.0. The summed E-state index contributed by atoms with van der Waals surface area (Å²) in [5, 5.41) is 5.83. The molecule has 0 atom stereocenters. The first-order chi connectivity index (χ1) is 17.4. The maximum atomic E-state index is 12.3. The molecule has 2 aromatic heterocycles. The quantitative estimate of drug-likeness (QED) is 0.205. The molecule has 0 bridgehead atoms. The van der Waals surface area contributed by atoms with Crippen LogP contribution < -0.4 is 10.6 Å². The van der Waals surface area contributed by atoms with Crippen molar-refractivity contribution in [1.82, 2.24) is 10.3 Å². The van der Waals surface area contributed by atoms with Gasteiger partial charge in [0.05, 0.1) is 0 Å². The van der Waals surface area contributed by atoms with Crippen LogP contribution in [-0.4, -0.2) is 16.0 Å². The minimum Gasteiger partial charge on any atom is -0.457 e. The molecule has 0 unspecified atom stereocenters. The number of thiocarbonyl (C=S) groups is 1. The first kappa shape index (κ1) is 23.3. The largest absolute Gasteiger partial charge is 0.457 e. The molecule has 2 heterocycles. The lowest BCUT2D eigenvalue weighted by Gasteiger charge is -2.07. The van der Waals surface area contributed by atoms with Crippen LogP contribution in [0.2, 0.25) is 0 Å². The smallest absolute Gasteiger partial charge is 0.250 e. The summed E-state index contributed by atoms with van der Waals surface area (Å²) < 4.78 is 11.7. The van der Waals surface area contributed by atoms with Crippen LogP contribution in [0.3, 0.4) is 0 Å². The van der Waals surface area contributed by atoms with Crippen molar-refractivity contribution in [2.24, 2.45) is 0 Å². The summed E-state index contributed by atoms with van der Waals surface area (Å²) in [6.07, 6.45) is 2.97. The van der Waals surface area contributed by atoms with Crippen LogP contribution in [0.15, 0.2) is 93.8 Å². The van der Waals surface area contributed by atoms with E-state index < -0.39 is 0 Å². The molecule has 0 fully saturated rings. The van der Waals surface area contributed by atoms with Gasteiger partial charge in [-0.25, -0.2) is 4.98 Å². The normalized spacial score (nSPS) is 11.2. The van der Waals surface area contributed by atoms with Crippen molar-refractivity contribution in [3.8, 4) is 22.8 Å². The highest BCUT2D eigenvalue weighted by Crippen LogP contribution is 2.27. The third-order valence-corrected chi connectivity index (χ3v) is 5.64. The number of rotatable bonds is 5. The Morgan fingerprint density at radius 2 is 1.67 bits per heavy atom. The molecule has 0 aliphatic rings. The second-order valence-electron chi connectivity index (χ2n) is 8.42. The van der Waals surface area contributed by atoms with Gasteiger partial charge >= 0.3 is 0 Å². The van der Waals surface area contributed by atoms with Gasteiger partial charge in [0.2, 0.25) is 11.8 Å². The van der Waals surface area contributed by atoms with Crippen LogP contribution in [0.1, 0.15) is 16.9 Å². The first-order valence-electron chi connectivity index (χ1n) is 11.4. The summed E-state index contributed by atoms with van der Waals surface area (Å²) in [6.45, 7) is 4.09. The molecule has 0 aliphatic heterocycles. The number of fused-ring (bicyclic) bond motifs is 1. The van der Waals surface area contributed by atoms with Crippen LogP contribution in [0, 0.1) is 13.8 Å². The summed E-state index contributed by atoms with van der Waals surface area (Å²) in [5.74, 6) is 1.49. The monoisotopic (exact) mass is 493 g/mol. The zero-order chi connectivity index (χ0) is 25.1. The lowest BCUT2D eigenvalue weighted by molar-refractivity contribution is -0.115. The highest BCUT2D eigenvalue weighted by atomic mass is 32.1. The van der Waals surface area contributed by atoms with Gasteiger partial charge in [0.1, 0.15) is 17.0 Å². The fraction of sp³-hybridized carbons (Fsp3) is 0.0690. The van der Waals surface area contributed by atoms with E-state index in [0.717, 1.165) is 28.0 Å². The maximum absolute atomic E-state index is 12.3. The summed E-state index contributed by atoms with van der Waals surface area (Å²) in [4.78, 5) is 16.9. The molecule has 0 saturated heterocycles. The lowest BCUT2D eigenvalue weighted by Crippen LogP contribution is -2.32. The number of amides is 1. The average molecular weight is 494 g/mol. The fourth-order valence-corrected chi connectivity index (χ4v) is 4.12. The highest BCUT2D eigenvalue weighted by molar-refractivity contribution is 7.80. The number of aromatic nitrogens is 1. The average Bonchev–Trinajstić information content (AvgIpc) is 3.50. The number of nitrogens with zero attached hydrogens (tertiary/aromatic N) is 1. The summed E-state index contributed by atoms with van der Waals surface area (Å²) >= 11 is 5.30. The predicted octanol–water partition coefficient (Wildman–Crippen LogP) is 6.90. The van der Waals surface area contributed by atoms with Crippen LogP contribution in [-0.2, 0) is 4.79 Å². The van der Waals surface area contributed by atoms with E-state index in [1.54, 1.807) is 6.08 Å². The molecule has 0 saturated carbocycles. The number of benzene rings is 3. The van der Waals surface area contributed by atoms with E-state index in [1.165, 1.54) is 6.08 Å². The van der Waals surface area contributed by atoms with E-state index in [0.29, 0.717) is 28.4 Å². The van der Waals surface area contributed by atoms with Gasteiger partial charge in [0.25, 0.3) is 0 Å². The fourth-order valence-electron chi connectivity index (χ4n) is 3.90. The van der Waals surface area contributed by atoms with Crippen LogP contribution in [0.4, 0.5) is 5.69 Å². The van der Waals surface area contributed by atoms with Gasteiger partial charge in [-0.15, -0.1) is 0 Å². The highest BCUT2D eigenvalue weighted by Gasteiger charge is 2.11. The second-order valence-corrected chi connectivity index (χ2v) is 8.83. The van der Waals surface area contributed by atoms with Crippen LogP contribution in [0.5, 0.6) is 0 Å². The molecule has 36 heavy (non-hydrogen) atoms. The van der Waals surface area contributed by atoms with E-state index in [9.17, 15) is 4.79 Å². The van der Waals surface area contributed by atoms with Crippen LogP contribution >= 0.6 is 12.2 Å². The Bertz CT molecular complexity index is 1580. The molecule has 178 valence electrons. The third kappa shape index (κ3) is 5.42. The molecule has 3 aromatic carbocycles. The Labute approximate surface area is 213 Å². The molecule has 7 heteroatoms. The molecule has 2 N–H and O–H groups in total. The van der Waals surface area contributed by atoms with Crippen molar-refractivity contribution < 1.29 is 13.6 Å². The molecule has 0 radical (unpaired) electrons. The van der Waals surface area contributed by atoms with Gasteiger partial charge in [-0.1, -0.05) is 47.5 Å². The Morgan fingerprint density at radius 1 is 0.889 bits per heavy atom. The SMILES string of the molecule is Cc1cc(C)cc(-c2nc3cc(NC(=S)NC(=O)/C=C/c4ccc(-c5ccccc5)o4)ccc3o2)c1. The van der Waals surface area contributed by atoms with Gasteiger partial charge in [-0.2, -0.15) is 0 Å². The molecular weight excluding hydrogens is 470 g/mol. The molecule has 5 aromatic rings. The topological polar surface area (TPSA) is 80.3 Å². The number of oxazole rings is 1. The molecular formula is C29H23N3O3S. The van der Waals surface area contributed by atoms with Crippen LogP contribution in [0.25, 0.3) is 40.0 Å². The molecule has 6 nitrogen and oxygen atoms in total. The first-order valence-corrected chi connectivity index (χ1v) is 11.8. The molecule has 0 aliphatic carbocycles. The van der Waals surface area contributed by atoms with Crippen molar-refractivity contribution in [2.75, 3.05) is 5.32 Å². The number of anilines is 1. The minimum absolute atomic E-state index is 0.173. The van der Waals surface area contributed by atoms with E-state index in [2.05, 4.69) is 21.7 Å². The van der Waals surface area contributed by atoms with Crippen molar-refractivity contribution in [2.45, 2.75) is 13.8 Å². The predicted molar refractivity (Wildman–Crippen MR) is 146 cm³/mol. The van der Waals surface area contributed by atoms with E-state index in [4.69, 9.17) is 21.1 Å². The Hall–Kier alpha value is -4.49. The summed E-state index contributed by atoms with van der Waals surface area (Å²) in [6, 6.07) is 25.1. The molecule has 5 rings (SSSR count).